The number of phenolic OH excluding ortho intramolecular Hbond substituents is 1. The highest BCUT2D eigenvalue weighted by molar-refractivity contribution is 5.97. The number of benzene rings is 1. The van der Waals surface area contributed by atoms with Crippen molar-refractivity contribution in [3.8, 4) is 11.5 Å². The third kappa shape index (κ3) is 7.30. The van der Waals surface area contributed by atoms with Crippen LogP contribution in [0, 0.1) is 5.92 Å². The minimum absolute atomic E-state index is 0.0369. The van der Waals surface area contributed by atoms with Crippen LogP contribution in [0.1, 0.15) is 32.8 Å². The average Bonchev–Trinajstić information content (AvgIpc) is 2.48. The number of phenols is 1. The van der Waals surface area contributed by atoms with E-state index in [4.69, 9.17) is 4.74 Å². The molecule has 0 aliphatic heterocycles. The zero-order chi connectivity index (χ0) is 17.2. The number of carbonyl (C=O) groups excluding carboxylic acids is 2. The van der Waals surface area contributed by atoms with Crippen molar-refractivity contribution in [2.24, 2.45) is 11.0 Å². The van der Waals surface area contributed by atoms with Gasteiger partial charge in [-0.1, -0.05) is 13.8 Å². The number of hydrogen-bond donors (Lipinski definition) is 3. The van der Waals surface area contributed by atoms with Gasteiger partial charge >= 0.3 is 0 Å². The molecular weight excluding hydrogens is 298 g/mol. The summed E-state index contributed by atoms with van der Waals surface area (Å²) in [5.41, 5.74) is 2.93. The van der Waals surface area contributed by atoms with E-state index >= 15 is 0 Å². The summed E-state index contributed by atoms with van der Waals surface area (Å²) in [5, 5.41) is 16.0. The van der Waals surface area contributed by atoms with Gasteiger partial charge in [0, 0.05) is 6.54 Å². The Labute approximate surface area is 135 Å². The molecular formula is C16H23N3O4. The van der Waals surface area contributed by atoms with Gasteiger partial charge in [-0.15, -0.1) is 0 Å². The maximum atomic E-state index is 11.6. The van der Waals surface area contributed by atoms with Gasteiger partial charge in [-0.3, -0.25) is 9.59 Å². The van der Waals surface area contributed by atoms with Crippen LogP contribution in [-0.4, -0.2) is 36.3 Å². The Morgan fingerprint density at radius 3 is 2.74 bits per heavy atom. The summed E-state index contributed by atoms with van der Waals surface area (Å²) in [6.45, 7) is 6.71. The van der Waals surface area contributed by atoms with Gasteiger partial charge in [0.25, 0.3) is 0 Å². The fourth-order valence-electron chi connectivity index (χ4n) is 1.63. The molecule has 0 atom stereocenters. The van der Waals surface area contributed by atoms with Gasteiger partial charge in [0.05, 0.1) is 12.8 Å². The van der Waals surface area contributed by atoms with Crippen molar-refractivity contribution >= 4 is 18.0 Å². The number of aromatic hydroxyl groups is 1. The summed E-state index contributed by atoms with van der Waals surface area (Å²) in [6.07, 6.45) is 1.13. The molecule has 1 aromatic carbocycles. The molecule has 7 nitrogen and oxygen atoms in total. The molecule has 1 rings (SSSR count). The number of ether oxygens (including phenoxy) is 1. The lowest BCUT2D eigenvalue weighted by molar-refractivity contribution is -0.129. The Hall–Kier alpha value is -2.57. The molecule has 0 radical (unpaired) electrons. The first-order chi connectivity index (χ1) is 10.9. The molecule has 0 heterocycles. The number of hydrazone groups is 1. The first kappa shape index (κ1) is 18.5. The van der Waals surface area contributed by atoms with Gasteiger partial charge in [0.1, 0.15) is 6.42 Å². The zero-order valence-electron chi connectivity index (χ0n) is 13.6. The first-order valence-electron chi connectivity index (χ1n) is 7.46. The van der Waals surface area contributed by atoms with Crippen LogP contribution in [0.3, 0.4) is 0 Å². The fraction of sp³-hybridized carbons (Fsp3) is 0.438. The molecule has 3 N–H and O–H groups in total. The van der Waals surface area contributed by atoms with Crippen LogP contribution in [0.15, 0.2) is 23.3 Å². The van der Waals surface area contributed by atoms with E-state index in [1.54, 1.807) is 12.1 Å². The van der Waals surface area contributed by atoms with Gasteiger partial charge in [0.15, 0.2) is 11.5 Å². The predicted octanol–water partition coefficient (Wildman–Crippen LogP) is 1.40. The largest absolute Gasteiger partial charge is 0.504 e. The van der Waals surface area contributed by atoms with Crippen molar-refractivity contribution in [2.45, 2.75) is 27.2 Å². The Morgan fingerprint density at radius 1 is 1.35 bits per heavy atom. The van der Waals surface area contributed by atoms with Gasteiger partial charge in [-0.05, 0) is 36.6 Å². The molecule has 126 valence electrons. The second-order valence-corrected chi connectivity index (χ2v) is 5.33. The Kier molecular flexibility index (Phi) is 7.59. The van der Waals surface area contributed by atoms with E-state index in [9.17, 15) is 14.7 Å². The van der Waals surface area contributed by atoms with Gasteiger partial charge < -0.3 is 15.2 Å². The normalized spacial score (nSPS) is 10.8. The highest BCUT2D eigenvalue weighted by Crippen LogP contribution is 2.26. The summed E-state index contributed by atoms with van der Waals surface area (Å²) in [5.74, 6) is -0.124. The molecule has 0 aromatic heterocycles. The lowest BCUT2D eigenvalue weighted by Crippen LogP contribution is -2.32. The Balaban J connectivity index is 2.47. The number of amides is 2. The monoisotopic (exact) mass is 321 g/mol. The van der Waals surface area contributed by atoms with Gasteiger partial charge in [-0.25, -0.2) is 5.43 Å². The lowest BCUT2D eigenvalue weighted by Gasteiger charge is -2.07. The van der Waals surface area contributed by atoms with E-state index in [1.807, 2.05) is 20.8 Å². The minimum atomic E-state index is -0.494. The fourth-order valence-corrected chi connectivity index (χ4v) is 1.63. The molecule has 0 aliphatic rings. The SMILES string of the molecule is CCOc1cc(C=NNC(=O)CC(=O)NCC(C)C)ccc1O. The van der Waals surface area contributed by atoms with Gasteiger partial charge in [0.2, 0.25) is 11.8 Å². The van der Waals surface area contributed by atoms with E-state index in [0.717, 1.165) is 0 Å². The number of hydrogen-bond acceptors (Lipinski definition) is 5. The quantitative estimate of drug-likeness (QED) is 0.383. The van der Waals surface area contributed by atoms with Crippen molar-refractivity contribution < 1.29 is 19.4 Å². The Morgan fingerprint density at radius 2 is 2.09 bits per heavy atom. The van der Waals surface area contributed by atoms with E-state index in [1.165, 1.54) is 12.3 Å². The molecule has 0 bridgehead atoms. The van der Waals surface area contributed by atoms with Crippen LogP contribution in [0.5, 0.6) is 11.5 Å². The molecule has 0 spiro atoms. The summed E-state index contributed by atoms with van der Waals surface area (Å²) in [7, 11) is 0. The molecule has 0 aliphatic carbocycles. The standard InChI is InChI=1S/C16H23N3O4/c1-4-23-14-7-12(5-6-13(14)20)10-18-19-16(22)8-15(21)17-9-11(2)3/h5-7,10-11,20H,4,8-9H2,1-3H3,(H,17,21)(H,19,22). The summed E-state index contributed by atoms with van der Waals surface area (Å²) >= 11 is 0. The number of nitrogens with zero attached hydrogens (tertiary/aromatic N) is 1. The smallest absolute Gasteiger partial charge is 0.249 e. The van der Waals surface area contributed by atoms with Crippen LogP contribution < -0.4 is 15.5 Å². The molecule has 7 heteroatoms. The van der Waals surface area contributed by atoms with E-state index in [2.05, 4.69) is 15.8 Å². The lowest BCUT2D eigenvalue weighted by atomic mass is 10.2. The highest BCUT2D eigenvalue weighted by atomic mass is 16.5. The van der Waals surface area contributed by atoms with Crippen molar-refractivity contribution in [3.63, 3.8) is 0 Å². The third-order valence-electron chi connectivity index (χ3n) is 2.72. The topological polar surface area (TPSA) is 100 Å². The molecule has 2 amide bonds. The summed E-state index contributed by atoms with van der Waals surface area (Å²) in [4.78, 5) is 23.0. The van der Waals surface area contributed by atoms with E-state index in [0.29, 0.717) is 30.4 Å². The average molecular weight is 321 g/mol. The Bertz CT molecular complexity index is 570. The van der Waals surface area contributed by atoms with Gasteiger partial charge in [-0.2, -0.15) is 5.10 Å². The van der Waals surface area contributed by atoms with E-state index in [-0.39, 0.29) is 18.1 Å². The first-order valence-corrected chi connectivity index (χ1v) is 7.46. The third-order valence-corrected chi connectivity index (χ3v) is 2.72. The molecule has 0 unspecified atom stereocenters. The number of carbonyl (C=O) groups is 2. The second kappa shape index (κ2) is 9.45. The van der Waals surface area contributed by atoms with Crippen molar-refractivity contribution in [1.29, 1.82) is 0 Å². The van der Waals surface area contributed by atoms with Crippen LogP contribution in [0.2, 0.25) is 0 Å². The highest BCUT2D eigenvalue weighted by Gasteiger charge is 2.08. The maximum absolute atomic E-state index is 11.6. The number of rotatable bonds is 8. The van der Waals surface area contributed by atoms with E-state index < -0.39 is 5.91 Å². The van der Waals surface area contributed by atoms with Crippen LogP contribution in [0.4, 0.5) is 0 Å². The van der Waals surface area contributed by atoms with Crippen molar-refractivity contribution in [1.82, 2.24) is 10.7 Å². The second-order valence-electron chi connectivity index (χ2n) is 5.33. The van der Waals surface area contributed by atoms with Crippen LogP contribution >= 0.6 is 0 Å². The van der Waals surface area contributed by atoms with Crippen molar-refractivity contribution in [2.75, 3.05) is 13.2 Å². The molecule has 23 heavy (non-hydrogen) atoms. The summed E-state index contributed by atoms with van der Waals surface area (Å²) in [6, 6.07) is 4.71. The zero-order valence-corrected chi connectivity index (χ0v) is 13.6. The minimum Gasteiger partial charge on any atom is -0.504 e. The molecule has 1 aromatic rings. The van der Waals surface area contributed by atoms with Crippen LogP contribution in [0.25, 0.3) is 0 Å². The predicted molar refractivity (Wildman–Crippen MR) is 87.5 cm³/mol. The van der Waals surface area contributed by atoms with Crippen molar-refractivity contribution in [3.05, 3.63) is 23.8 Å². The number of nitrogens with one attached hydrogen (secondary N) is 2. The molecule has 0 saturated carbocycles. The summed E-state index contributed by atoms with van der Waals surface area (Å²) < 4.78 is 5.25. The molecule has 0 fully saturated rings. The van der Waals surface area contributed by atoms with Crippen LogP contribution in [-0.2, 0) is 9.59 Å². The maximum Gasteiger partial charge on any atom is 0.249 e. The molecule has 0 saturated heterocycles.